The number of aryl methyl sites for hydroxylation is 1. The Morgan fingerprint density at radius 2 is 1.92 bits per heavy atom. The molecule has 1 N–H and O–H groups in total. The molecule has 24 heavy (non-hydrogen) atoms. The monoisotopic (exact) mass is 366 g/mol. The van der Waals surface area contributed by atoms with Crippen LogP contribution in [0, 0.1) is 17.0 Å². The number of thioether (sulfide) groups is 1. The zero-order valence-corrected chi connectivity index (χ0v) is 14.8. The van der Waals surface area contributed by atoms with Crippen molar-refractivity contribution in [1.29, 1.82) is 0 Å². The van der Waals surface area contributed by atoms with E-state index in [1.54, 1.807) is 11.8 Å². The fourth-order valence-corrected chi connectivity index (χ4v) is 4.18. The number of hydrogen-bond donors (Lipinski definition) is 1. The van der Waals surface area contributed by atoms with Gasteiger partial charge in [-0.1, -0.05) is 30.3 Å². The predicted molar refractivity (Wildman–Crippen MR) is 95.6 cm³/mol. The van der Waals surface area contributed by atoms with Gasteiger partial charge >= 0.3 is 0 Å². The summed E-state index contributed by atoms with van der Waals surface area (Å²) < 4.78 is 26.8. The summed E-state index contributed by atoms with van der Waals surface area (Å²) in [6.07, 6.45) is 0. The van der Waals surface area contributed by atoms with E-state index < -0.39 is 14.9 Å². The molecule has 0 aliphatic heterocycles. The highest BCUT2D eigenvalue weighted by Crippen LogP contribution is 2.18. The second kappa shape index (κ2) is 8.27. The SMILES string of the molecule is Cc1ccccc1CSCCNS(=O)(=O)c1cccc([N+](=O)[O-])c1. The van der Waals surface area contributed by atoms with E-state index in [4.69, 9.17) is 0 Å². The van der Waals surface area contributed by atoms with Gasteiger partial charge in [0.2, 0.25) is 10.0 Å². The van der Waals surface area contributed by atoms with Gasteiger partial charge in [0.1, 0.15) is 0 Å². The van der Waals surface area contributed by atoms with Crippen LogP contribution in [0.15, 0.2) is 53.4 Å². The van der Waals surface area contributed by atoms with Crippen molar-refractivity contribution < 1.29 is 13.3 Å². The average molecular weight is 366 g/mol. The Bertz CT molecular complexity index is 822. The Labute approximate surface area is 145 Å². The van der Waals surface area contributed by atoms with Crippen LogP contribution < -0.4 is 4.72 Å². The zero-order chi connectivity index (χ0) is 17.6. The lowest BCUT2D eigenvalue weighted by Crippen LogP contribution is -2.26. The number of nitro benzene ring substituents is 1. The lowest BCUT2D eigenvalue weighted by Gasteiger charge is -2.08. The van der Waals surface area contributed by atoms with Gasteiger partial charge in [-0.15, -0.1) is 0 Å². The van der Waals surface area contributed by atoms with Gasteiger partial charge in [-0.2, -0.15) is 11.8 Å². The highest BCUT2D eigenvalue weighted by Gasteiger charge is 2.16. The van der Waals surface area contributed by atoms with Gasteiger partial charge in [-0.25, -0.2) is 13.1 Å². The van der Waals surface area contributed by atoms with E-state index in [1.165, 1.54) is 29.3 Å². The van der Waals surface area contributed by atoms with Crippen LogP contribution in [0.25, 0.3) is 0 Å². The molecular formula is C16H18N2O4S2. The quantitative estimate of drug-likeness (QED) is 0.440. The van der Waals surface area contributed by atoms with Crippen LogP contribution in [0.3, 0.4) is 0 Å². The van der Waals surface area contributed by atoms with Crippen molar-refractivity contribution in [3.63, 3.8) is 0 Å². The summed E-state index contributed by atoms with van der Waals surface area (Å²) in [4.78, 5) is 10.0. The highest BCUT2D eigenvalue weighted by molar-refractivity contribution is 7.98. The molecule has 0 aliphatic carbocycles. The molecule has 0 aliphatic rings. The van der Waals surface area contributed by atoms with Crippen molar-refractivity contribution in [2.75, 3.05) is 12.3 Å². The fraction of sp³-hybridized carbons (Fsp3) is 0.250. The summed E-state index contributed by atoms with van der Waals surface area (Å²) in [5.74, 6) is 1.42. The topological polar surface area (TPSA) is 89.3 Å². The number of benzene rings is 2. The molecule has 0 aromatic heterocycles. The third kappa shape index (κ3) is 5.05. The number of nitro groups is 1. The molecule has 8 heteroatoms. The molecule has 0 heterocycles. The molecule has 2 aromatic carbocycles. The molecule has 2 rings (SSSR count). The van der Waals surface area contributed by atoms with Crippen molar-refractivity contribution >= 4 is 27.5 Å². The summed E-state index contributed by atoms with van der Waals surface area (Å²) in [6.45, 7) is 2.31. The second-order valence-electron chi connectivity index (χ2n) is 5.13. The minimum atomic E-state index is -3.74. The first kappa shape index (κ1) is 18.4. The molecule has 0 saturated carbocycles. The number of hydrogen-bond acceptors (Lipinski definition) is 5. The Morgan fingerprint density at radius 1 is 1.17 bits per heavy atom. The summed E-state index contributed by atoms with van der Waals surface area (Å²) in [7, 11) is -3.74. The molecule has 6 nitrogen and oxygen atoms in total. The molecular weight excluding hydrogens is 348 g/mol. The van der Waals surface area contributed by atoms with Crippen LogP contribution in [0.2, 0.25) is 0 Å². The lowest BCUT2D eigenvalue weighted by molar-refractivity contribution is -0.385. The minimum Gasteiger partial charge on any atom is -0.258 e. The molecule has 0 fully saturated rings. The Balaban J connectivity index is 1.86. The third-order valence-corrected chi connectivity index (χ3v) is 5.86. The standard InChI is InChI=1S/C16H18N2O4S2/c1-13-5-2-3-6-14(13)12-23-10-9-17-24(21,22)16-8-4-7-15(11-16)18(19)20/h2-8,11,17H,9-10,12H2,1H3. The molecule has 2 aromatic rings. The number of nitrogens with one attached hydrogen (secondary N) is 1. The van der Waals surface area contributed by atoms with Gasteiger partial charge in [-0.05, 0) is 24.1 Å². The molecule has 0 saturated heterocycles. The Hall–Kier alpha value is -1.90. The average Bonchev–Trinajstić information content (AvgIpc) is 2.56. The third-order valence-electron chi connectivity index (χ3n) is 3.40. The second-order valence-corrected chi connectivity index (χ2v) is 8.00. The first-order valence-electron chi connectivity index (χ1n) is 7.26. The maximum absolute atomic E-state index is 12.2. The smallest absolute Gasteiger partial charge is 0.258 e. The van der Waals surface area contributed by atoms with Crippen molar-refractivity contribution in [3.05, 3.63) is 69.8 Å². The molecule has 0 amide bonds. The first-order chi connectivity index (χ1) is 11.4. The fourth-order valence-electron chi connectivity index (χ4n) is 2.05. The Kier molecular flexibility index (Phi) is 6.36. The minimum absolute atomic E-state index is 0.0967. The van der Waals surface area contributed by atoms with Gasteiger partial charge in [0, 0.05) is 30.2 Å². The molecule has 0 atom stereocenters. The van der Waals surface area contributed by atoms with Crippen LogP contribution in [0.5, 0.6) is 0 Å². The molecule has 0 unspecified atom stereocenters. The van der Waals surface area contributed by atoms with Crippen molar-refractivity contribution in [1.82, 2.24) is 4.72 Å². The van der Waals surface area contributed by atoms with Crippen LogP contribution in [0.1, 0.15) is 11.1 Å². The summed E-state index contributed by atoms with van der Waals surface area (Å²) >= 11 is 1.63. The Morgan fingerprint density at radius 3 is 2.62 bits per heavy atom. The van der Waals surface area contributed by atoms with E-state index in [2.05, 4.69) is 10.8 Å². The van der Waals surface area contributed by atoms with E-state index in [1.807, 2.05) is 25.1 Å². The number of non-ortho nitro benzene ring substituents is 1. The molecule has 128 valence electrons. The first-order valence-corrected chi connectivity index (χ1v) is 9.90. The lowest BCUT2D eigenvalue weighted by atomic mass is 10.1. The summed E-state index contributed by atoms with van der Waals surface area (Å²) in [6, 6.07) is 13.1. The molecule has 0 radical (unpaired) electrons. The predicted octanol–water partition coefficient (Wildman–Crippen LogP) is 3.11. The zero-order valence-electron chi connectivity index (χ0n) is 13.1. The normalized spacial score (nSPS) is 11.4. The maximum atomic E-state index is 12.2. The van der Waals surface area contributed by atoms with E-state index in [-0.39, 0.29) is 17.1 Å². The van der Waals surface area contributed by atoms with Crippen LogP contribution in [-0.2, 0) is 15.8 Å². The number of sulfonamides is 1. The van der Waals surface area contributed by atoms with E-state index >= 15 is 0 Å². The van der Waals surface area contributed by atoms with Crippen LogP contribution >= 0.6 is 11.8 Å². The van der Waals surface area contributed by atoms with E-state index in [9.17, 15) is 18.5 Å². The van der Waals surface area contributed by atoms with Gasteiger partial charge < -0.3 is 0 Å². The summed E-state index contributed by atoms with van der Waals surface area (Å²) in [5, 5.41) is 10.7. The van der Waals surface area contributed by atoms with Gasteiger partial charge in [0.15, 0.2) is 0 Å². The largest absolute Gasteiger partial charge is 0.270 e. The van der Waals surface area contributed by atoms with Crippen molar-refractivity contribution in [3.8, 4) is 0 Å². The van der Waals surface area contributed by atoms with Gasteiger partial charge in [-0.3, -0.25) is 10.1 Å². The highest BCUT2D eigenvalue weighted by atomic mass is 32.2. The van der Waals surface area contributed by atoms with Crippen molar-refractivity contribution in [2.45, 2.75) is 17.6 Å². The number of nitrogens with zero attached hydrogens (tertiary/aromatic N) is 1. The molecule has 0 spiro atoms. The van der Waals surface area contributed by atoms with Gasteiger partial charge in [0.25, 0.3) is 5.69 Å². The van der Waals surface area contributed by atoms with Crippen LogP contribution in [-0.4, -0.2) is 25.6 Å². The summed E-state index contributed by atoms with van der Waals surface area (Å²) in [5.41, 5.74) is 2.19. The number of rotatable bonds is 8. The molecule has 0 bridgehead atoms. The maximum Gasteiger partial charge on any atom is 0.270 e. The van der Waals surface area contributed by atoms with Gasteiger partial charge in [0.05, 0.1) is 9.82 Å². The van der Waals surface area contributed by atoms with E-state index in [0.29, 0.717) is 5.75 Å². The van der Waals surface area contributed by atoms with E-state index in [0.717, 1.165) is 11.8 Å². The van der Waals surface area contributed by atoms with Crippen molar-refractivity contribution in [2.24, 2.45) is 0 Å². The van der Waals surface area contributed by atoms with Crippen LogP contribution in [0.4, 0.5) is 5.69 Å².